The Morgan fingerprint density at radius 3 is 2.31 bits per heavy atom. The molecule has 0 aromatic carbocycles. The van der Waals surface area contributed by atoms with Crippen LogP contribution in [-0.2, 0) is 0 Å². The van der Waals surface area contributed by atoms with Crippen LogP contribution in [-0.4, -0.2) is 52.2 Å². The molecule has 6 nitrogen and oxygen atoms in total. The molecule has 0 saturated carbocycles. The SMILES string of the molecule is O=C(O)N1CCN(c2ncc(I)cn2)CC1. The molecule has 1 amide bonds. The Labute approximate surface area is 106 Å². The lowest BCUT2D eigenvalue weighted by molar-refractivity contribution is 0.142. The third kappa shape index (κ3) is 2.52. The van der Waals surface area contributed by atoms with E-state index in [4.69, 9.17) is 5.11 Å². The maximum Gasteiger partial charge on any atom is 0.407 e. The predicted octanol–water partition coefficient (Wildman–Crippen LogP) is 0.881. The van der Waals surface area contributed by atoms with Gasteiger partial charge in [-0.15, -0.1) is 0 Å². The lowest BCUT2D eigenvalue weighted by Gasteiger charge is -2.32. The first-order chi connectivity index (χ1) is 7.66. The smallest absolute Gasteiger partial charge is 0.407 e. The first kappa shape index (κ1) is 11.4. The fourth-order valence-electron chi connectivity index (χ4n) is 1.57. The van der Waals surface area contributed by atoms with Gasteiger partial charge in [-0.1, -0.05) is 0 Å². The normalized spacial score (nSPS) is 16.3. The Balaban J connectivity index is 1.99. The van der Waals surface area contributed by atoms with E-state index in [0.29, 0.717) is 32.1 Å². The summed E-state index contributed by atoms with van der Waals surface area (Å²) in [6.45, 7) is 2.30. The van der Waals surface area contributed by atoms with Crippen molar-refractivity contribution in [1.29, 1.82) is 0 Å². The molecule has 2 heterocycles. The molecule has 0 spiro atoms. The van der Waals surface area contributed by atoms with E-state index in [0.717, 1.165) is 3.57 Å². The van der Waals surface area contributed by atoms with Crippen molar-refractivity contribution >= 4 is 34.6 Å². The summed E-state index contributed by atoms with van der Waals surface area (Å²) in [5.41, 5.74) is 0. The van der Waals surface area contributed by atoms with Crippen LogP contribution in [0.2, 0.25) is 0 Å². The summed E-state index contributed by atoms with van der Waals surface area (Å²) in [5, 5.41) is 8.81. The second kappa shape index (κ2) is 4.81. The summed E-state index contributed by atoms with van der Waals surface area (Å²) in [4.78, 5) is 22.5. The van der Waals surface area contributed by atoms with Crippen molar-refractivity contribution in [2.45, 2.75) is 0 Å². The van der Waals surface area contributed by atoms with E-state index < -0.39 is 6.09 Å². The lowest BCUT2D eigenvalue weighted by Crippen LogP contribution is -2.48. The first-order valence-electron chi connectivity index (χ1n) is 4.87. The molecule has 1 N–H and O–H groups in total. The summed E-state index contributed by atoms with van der Waals surface area (Å²) >= 11 is 2.15. The number of rotatable bonds is 1. The van der Waals surface area contributed by atoms with Gasteiger partial charge in [0.2, 0.25) is 5.95 Å². The van der Waals surface area contributed by atoms with Gasteiger partial charge in [-0.3, -0.25) is 0 Å². The van der Waals surface area contributed by atoms with Crippen LogP contribution in [0.4, 0.5) is 10.7 Å². The van der Waals surface area contributed by atoms with Crippen molar-refractivity contribution in [3.8, 4) is 0 Å². The van der Waals surface area contributed by atoms with Gasteiger partial charge in [-0.05, 0) is 22.6 Å². The molecule has 16 heavy (non-hydrogen) atoms. The first-order valence-corrected chi connectivity index (χ1v) is 5.95. The summed E-state index contributed by atoms with van der Waals surface area (Å²) in [6, 6.07) is 0. The molecule has 7 heteroatoms. The van der Waals surface area contributed by atoms with Crippen molar-refractivity contribution in [1.82, 2.24) is 14.9 Å². The molecule has 0 aliphatic carbocycles. The van der Waals surface area contributed by atoms with Crippen LogP contribution >= 0.6 is 22.6 Å². The van der Waals surface area contributed by atoms with Crippen LogP contribution in [0.5, 0.6) is 0 Å². The molecule has 1 aromatic heterocycles. The molecule has 0 atom stereocenters. The molecular weight excluding hydrogens is 323 g/mol. The number of carboxylic acid groups (broad SMARTS) is 1. The van der Waals surface area contributed by atoms with Crippen LogP contribution in [0.1, 0.15) is 0 Å². The maximum absolute atomic E-state index is 10.7. The largest absolute Gasteiger partial charge is 0.465 e. The fraction of sp³-hybridized carbons (Fsp3) is 0.444. The van der Waals surface area contributed by atoms with Crippen molar-refractivity contribution in [3.63, 3.8) is 0 Å². The van der Waals surface area contributed by atoms with E-state index in [2.05, 4.69) is 32.6 Å². The van der Waals surface area contributed by atoms with Gasteiger partial charge in [-0.25, -0.2) is 14.8 Å². The Bertz CT molecular complexity index is 376. The zero-order chi connectivity index (χ0) is 11.5. The topological polar surface area (TPSA) is 69.6 Å². The van der Waals surface area contributed by atoms with Gasteiger partial charge in [0.05, 0.1) is 0 Å². The molecule has 2 rings (SSSR count). The molecule has 1 fully saturated rings. The van der Waals surface area contributed by atoms with Crippen LogP contribution < -0.4 is 4.90 Å². The Morgan fingerprint density at radius 2 is 1.81 bits per heavy atom. The molecule has 1 saturated heterocycles. The van der Waals surface area contributed by atoms with Crippen LogP contribution in [0.3, 0.4) is 0 Å². The second-order valence-corrected chi connectivity index (χ2v) is 4.70. The van der Waals surface area contributed by atoms with Gasteiger partial charge in [-0.2, -0.15) is 0 Å². The average Bonchev–Trinajstić information content (AvgIpc) is 2.30. The third-order valence-corrected chi connectivity index (χ3v) is 3.00. The predicted molar refractivity (Wildman–Crippen MR) is 66.6 cm³/mol. The summed E-state index contributed by atoms with van der Waals surface area (Å²) < 4.78 is 0.991. The monoisotopic (exact) mass is 334 g/mol. The zero-order valence-electron chi connectivity index (χ0n) is 8.51. The Morgan fingerprint density at radius 1 is 1.25 bits per heavy atom. The lowest BCUT2D eigenvalue weighted by atomic mass is 10.3. The van der Waals surface area contributed by atoms with Gasteiger partial charge in [0.1, 0.15) is 0 Å². The number of hydrogen-bond donors (Lipinski definition) is 1. The summed E-state index contributed by atoms with van der Waals surface area (Å²) in [5.74, 6) is 0.672. The number of hydrogen-bond acceptors (Lipinski definition) is 4. The minimum absolute atomic E-state index is 0.505. The number of carbonyl (C=O) groups is 1. The Hall–Kier alpha value is -1.12. The molecule has 0 bridgehead atoms. The van der Waals surface area contributed by atoms with E-state index in [1.165, 1.54) is 4.90 Å². The van der Waals surface area contributed by atoms with Gasteiger partial charge in [0.15, 0.2) is 0 Å². The minimum atomic E-state index is -0.858. The maximum atomic E-state index is 10.7. The van der Waals surface area contributed by atoms with E-state index in [1.807, 2.05) is 4.90 Å². The van der Waals surface area contributed by atoms with E-state index in [-0.39, 0.29) is 0 Å². The van der Waals surface area contributed by atoms with Gasteiger partial charge in [0.25, 0.3) is 0 Å². The number of nitrogens with zero attached hydrogens (tertiary/aromatic N) is 4. The quantitative estimate of drug-likeness (QED) is 0.773. The van der Waals surface area contributed by atoms with Crippen molar-refractivity contribution in [3.05, 3.63) is 16.0 Å². The Kier molecular flexibility index (Phi) is 3.42. The summed E-state index contributed by atoms with van der Waals surface area (Å²) in [6.07, 6.45) is 2.65. The van der Waals surface area contributed by atoms with Crippen molar-refractivity contribution < 1.29 is 9.90 Å². The van der Waals surface area contributed by atoms with Crippen LogP contribution in [0.15, 0.2) is 12.4 Å². The fourth-order valence-corrected chi connectivity index (χ4v) is 1.85. The van der Waals surface area contributed by atoms with E-state index in [1.54, 1.807) is 12.4 Å². The van der Waals surface area contributed by atoms with Crippen LogP contribution in [0, 0.1) is 3.57 Å². The van der Waals surface area contributed by atoms with Crippen LogP contribution in [0.25, 0.3) is 0 Å². The molecular formula is C9H11IN4O2. The highest BCUT2D eigenvalue weighted by Gasteiger charge is 2.21. The molecule has 1 aliphatic heterocycles. The number of amides is 1. The molecule has 0 radical (unpaired) electrons. The van der Waals surface area contributed by atoms with E-state index in [9.17, 15) is 4.79 Å². The number of anilines is 1. The molecule has 86 valence electrons. The average molecular weight is 334 g/mol. The highest BCUT2D eigenvalue weighted by Crippen LogP contribution is 2.11. The van der Waals surface area contributed by atoms with Crippen molar-refractivity contribution in [2.75, 3.05) is 31.1 Å². The molecule has 0 unspecified atom stereocenters. The summed E-state index contributed by atoms with van der Waals surface area (Å²) in [7, 11) is 0. The zero-order valence-corrected chi connectivity index (χ0v) is 10.7. The number of aromatic nitrogens is 2. The molecule has 1 aliphatic rings. The second-order valence-electron chi connectivity index (χ2n) is 3.46. The highest BCUT2D eigenvalue weighted by molar-refractivity contribution is 14.1. The minimum Gasteiger partial charge on any atom is -0.465 e. The highest BCUT2D eigenvalue weighted by atomic mass is 127. The van der Waals surface area contributed by atoms with Crippen molar-refractivity contribution in [2.24, 2.45) is 0 Å². The third-order valence-electron chi connectivity index (χ3n) is 2.44. The molecule has 1 aromatic rings. The number of halogens is 1. The van der Waals surface area contributed by atoms with E-state index >= 15 is 0 Å². The van der Waals surface area contributed by atoms with Gasteiger partial charge >= 0.3 is 6.09 Å². The standard InChI is InChI=1S/C9H11IN4O2/c10-7-5-11-8(12-6-7)13-1-3-14(4-2-13)9(15)16/h5-6H,1-4H2,(H,15,16). The number of piperazine rings is 1. The van der Waals surface area contributed by atoms with Gasteiger partial charge < -0.3 is 14.9 Å². The van der Waals surface area contributed by atoms with Gasteiger partial charge in [0, 0.05) is 42.1 Å².